The summed E-state index contributed by atoms with van der Waals surface area (Å²) in [5.74, 6) is -1.96. The second-order valence-electron chi connectivity index (χ2n) is 4.43. The molecule has 0 spiro atoms. The van der Waals surface area contributed by atoms with E-state index in [0.717, 1.165) is 0 Å². The molecule has 1 aromatic heterocycles. The van der Waals surface area contributed by atoms with Gasteiger partial charge in [-0.1, -0.05) is 6.92 Å². The largest absolute Gasteiger partial charge is 0.481 e. The van der Waals surface area contributed by atoms with Gasteiger partial charge < -0.3 is 15.3 Å². The van der Waals surface area contributed by atoms with Crippen LogP contribution in [0.4, 0.5) is 5.00 Å². The summed E-state index contributed by atoms with van der Waals surface area (Å²) in [6, 6.07) is 3.29. The molecule has 6 nitrogen and oxygen atoms in total. The summed E-state index contributed by atoms with van der Waals surface area (Å²) in [6.07, 6.45) is 0. The Morgan fingerprint density at radius 3 is 2.55 bits per heavy atom. The molecule has 2 amide bonds. The van der Waals surface area contributed by atoms with Crippen LogP contribution < -0.4 is 5.32 Å². The molecule has 20 heavy (non-hydrogen) atoms. The van der Waals surface area contributed by atoms with E-state index in [1.165, 1.54) is 23.2 Å². The van der Waals surface area contributed by atoms with Gasteiger partial charge in [-0.2, -0.15) is 0 Å². The van der Waals surface area contributed by atoms with Crippen LogP contribution >= 0.6 is 11.3 Å². The lowest BCUT2D eigenvalue weighted by atomic mass is 10.1. The predicted molar refractivity (Wildman–Crippen MR) is 77.0 cm³/mol. The molecular formula is C13H18N2O4S. The highest BCUT2D eigenvalue weighted by atomic mass is 32.1. The SMILES string of the molecule is CCN(CC(C)C(=O)O)C(=O)c1ccc(NC(C)=O)s1. The number of carbonyl (C=O) groups excluding carboxylic acids is 2. The van der Waals surface area contributed by atoms with Crippen LogP contribution in [0.1, 0.15) is 30.4 Å². The quantitative estimate of drug-likeness (QED) is 0.839. The maximum absolute atomic E-state index is 12.3. The van der Waals surface area contributed by atoms with Crippen LogP contribution in [0.3, 0.4) is 0 Å². The van der Waals surface area contributed by atoms with Crippen LogP contribution in [0.5, 0.6) is 0 Å². The van der Waals surface area contributed by atoms with Crippen molar-refractivity contribution in [1.29, 1.82) is 0 Å². The van der Waals surface area contributed by atoms with E-state index in [2.05, 4.69) is 5.32 Å². The lowest BCUT2D eigenvalue weighted by molar-refractivity contribution is -0.141. The lowest BCUT2D eigenvalue weighted by Gasteiger charge is -2.22. The molecule has 0 aliphatic carbocycles. The van der Waals surface area contributed by atoms with Crippen molar-refractivity contribution in [2.45, 2.75) is 20.8 Å². The number of hydrogen-bond acceptors (Lipinski definition) is 4. The first kappa shape index (κ1) is 16.2. The number of carboxylic acids is 1. The molecule has 0 bridgehead atoms. The summed E-state index contributed by atoms with van der Waals surface area (Å²) in [6.45, 7) is 5.36. The van der Waals surface area contributed by atoms with Crippen LogP contribution in [0, 0.1) is 5.92 Å². The molecule has 110 valence electrons. The Morgan fingerprint density at radius 1 is 1.40 bits per heavy atom. The third-order valence-electron chi connectivity index (χ3n) is 2.70. The van der Waals surface area contributed by atoms with E-state index in [0.29, 0.717) is 16.4 Å². The van der Waals surface area contributed by atoms with Crippen molar-refractivity contribution in [3.05, 3.63) is 17.0 Å². The van der Waals surface area contributed by atoms with E-state index < -0.39 is 11.9 Å². The fourth-order valence-corrected chi connectivity index (χ4v) is 2.53. The van der Waals surface area contributed by atoms with Gasteiger partial charge in [-0.25, -0.2) is 0 Å². The van der Waals surface area contributed by atoms with Crippen molar-refractivity contribution < 1.29 is 19.5 Å². The minimum absolute atomic E-state index is 0.165. The minimum atomic E-state index is -0.929. The lowest BCUT2D eigenvalue weighted by Crippen LogP contribution is -2.36. The number of anilines is 1. The summed E-state index contributed by atoms with van der Waals surface area (Å²) in [5, 5.41) is 12.1. The van der Waals surface area contributed by atoms with Gasteiger partial charge in [-0.15, -0.1) is 11.3 Å². The zero-order valence-corrected chi connectivity index (χ0v) is 12.5. The summed E-state index contributed by atoms with van der Waals surface area (Å²) in [4.78, 5) is 36.0. The normalized spacial score (nSPS) is 11.8. The highest BCUT2D eigenvalue weighted by Crippen LogP contribution is 2.23. The average Bonchev–Trinajstić information content (AvgIpc) is 2.82. The molecule has 0 aliphatic rings. The van der Waals surface area contributed by atoms with Gasteiger partial charge in [0, 0.05) is 20.0 Å². The fourth-order valence-electron chi connectivity index (χ4n) is 1.61. The molecule has 1 rings (SSSR count). The Balaban J connectivity index is 2.78. The topological polar surface area (TPSA) is 86.7 Å². The van der Waals surface area contributed by atoms with E-state index in [-0.39, 0.29) is 18.4 Å². The van der Waals surface area contributed by atoms with E-state index in [1.54, 1.807) is 26.0 Å². The number of amides is 2. The van der Waals surface area contributed by atoms with Crippen molar-refractivity contribution in [3.8, 4) is 0 Å². The molecular weight excluding hydrogens is 280 g/mol. The molecule has 1 unspecified atom stereocenters. The smallest absolute Gasteiger partial charge is 0.308 e. The highest BCUT2D eigenvalue weighted by Gasteiger charge is 2.21. The number of carbonyl (C=O) groups is 3. The van der Waals surface area contributed by atoms with Gasteiger partial charge >= 0.3 is 5.97 Å². The van der Waals surface area contributed by atoms with Crippen molar-refractivity contribution in [1.82, 2.24) is 4.90 Å². The maximum atomic E-state index is 12.3. The van der Waals surface area contributed by atoms with Crippen LogP contribution in [0.15, 0.2) is 12.1 Å². The Morgan fingerprint density at radius 2 is 2.05 bits per heavy atom. The molecule has 0 radical (unpaired) electrons. The first-order valence-corrected chi connectivity index (χ1v) is 7.06. The first-order valence-electron chi connectivity index (χ1n) is 6.24. The molecule has 1 atom stereocenters. The Labute approximate surface area is 121 Å². The van der Waals surface area contributed by atoms with Crippen LogP contribution in [0.2, 0.25) is 0 Å². The minimum Gasteiger partial charge on any atom is -0.481 e. The maximum Gasteiger partial charge on any atom is 0.308 e. The molecule has 0 saturated carbocycles. The molecule has 1 heterocycles. The molecule has 1 aromatic rings. The van der Waals surface area contributed by atoms with Crippen LogP contribution in [-0.4, -0.2) is 40.9 Å². The third kappa shape index (κ3) is 4.34. The van der Waals surface area contributed by atoms with E-state index in [1.807, 2.05) is 0 Å². The van der Waals surface area contributed by atoms with E-state index in [4.69, 9.17) is 5.11 Å². The Kier molecular flexibility index (Phi) is 5.69. The number of hydrogen-bond donors (Lipinski definition) is 2. The highest BCUT2D eigenvalue weighted by molar-refractivity contribution is 7.18. The van der Waals surface area contributed by atoms with Crippen molar-refractivity contribution in [2.75, 3.05) is 18.4 Å². The number of carboxylic acid groups (broad SMARTS) is 1. The molecule has 0 saturated heterocycles. The van der Waals surface area contributed by atoms with Crippen molar-refractivity contribution in [2.24, 2.45) is 5.92 Å². The predicted octanol–water partition coefficient (Wildman–Crippen LogP) is 1.89. The number of nitrogens with zero attached hydrogens (tertiary/aromatic N) is 1. The monoisotopic (exact) mass is 298 g/mol. The molecule has 0 fully saturated rings. The van der Waals surface area contributed by atoms with Crippen LogP contribution in [0.25, 0.3) is 0 Å². The number of nitrogens with one attached hydrogen (secondary N) is 1. The number of aliphatic carboxylic acids is 1. The molecule has 7 heteroatoms. The van der Waals surface area contributed by atoms with Gasteiger partial charge in [0.2, 0.25) is 5.91 Å². The van der Waals surface area contributed by atoms with Gasteiger partial charge in [0.05, 0.1) is 15.8 Å². The number of rotatable bonds is 6. The van der Waals surface area contributed by atoms with Crippen molar-refractivity contribution >= 4 is 34.1 Å². The summed E-state index contributed by atoms with van der Waals surface area (Å²) < 4.78 is 0. The molecule has 0 aliphatic heterocycles. The van der Waals surface area contributed by atoms with Crippen molar-refractivity contribution in [3.63, 3.8) is 0 Å². The fraction of sp³-hybridized carbons (Fsp3) is 0.462. The zero-order chi connectivity index (χ0) is 15.3. The summed E-state index contributed by atoms with van der Waals surface area (Å²) in [5.41, 5.74) is 0. The van der Waals surface area contributed by atoms with E-state index >= 15 is 0 Å². The van der Waals surface area contributed by atoms with E-state index in [9.17, 15) is 14.4 Å². The number of thiophene rings is 1. The standard InChI is InChI=1S/C13H18N2O4S/c1-4-15(7-8(2)13(18)19)12(17)10-5-6-11(20-10)14-9(3)16/h5-6,8H,4,7H2,1-3H3,(H,14,16)(H,18,19). The van der Waals surface area contributed by atoms with Crippen LogP contribution in [-0.2, 0) is 9.59 Å². The Hall–Kier alpha value is -1.89. The zero-order valence-electron chi connectivity index (χ0n) is 11.7. The third-order valence-corrected chi connectivity index (χ3v) is 3.69. The molecule has 0 aromatic carbocycles. The van der Waals surface area contributed by atoms with Gasteiger partial charge in [-0.3, -0.25) is 14.4 Å². The van der Waals surface area contributed by atoms with Gasteiger partial charge in [0.1, 0.15) is 0 Å². The summed E-state index contributed by atoms with van der Waals surface area (Å²) >= 11 is 1.18. The second-order valence-corrected chi connectivity index (χ2v) is 5.51. The Bertz CT molecular complexity index is 512. The second kappa shape index (κ2) is 7.04. The first-order chi connectivity index (χ1) is 9.35. The molecule has 2 N–H and O–H groups in total. The average molecular weight is 298 g/mol. The summed E-state index contributed by atoms with van der Waals surface area (Å²) in [7, 11) is 0. The van der Waals surface area contributed by atoms with Gasteiger partial charge in [0.25, 0.3) is 5.91 Å². The van der Waals surface area contributed by atoms with Gasteiger partial charge in [0.15, 0.2) is 0 Å². The van der Waals surface area contributed by atoms with Gasteiger partial charge in [-0.05, 0) is 19.1 Å².